The molecule has 1 aromatic carbocycles. The zero-order chi connectivity index (χ0) is 11.5. The Balaban J connectivity index is 2.08. The minimum Gasteiger partial charge on any atom is -0.383 e. The molecule has 0 aliphatic carbocycles. The molecule has 0 saturated carbocycles. The molecule has 16 heavy (non-hydrogen) atoms. The van der Waals surface area contributed by atoms with Gasteiger partial charge in [0.1, 0.15) is 16.6 Å². The second-order valence-corrected chi connectivity index (χ2v) is 4.34. The predicted molar refractivity (Wildman–Crippen MR) is 65.0 cm³/mol. The van der Waals surface area contributed by atoms with Crippen molar-refractivity contribution in [3.63, 3.8) is 0 Å². The molecule has 2 aromatic rings. The monoisotopic (exact) mass is 237 g/mol. The van der Waals surface area contributed by atoms with E-state index < -0.39 is 0 Å². The van der Waals surface area contributed by atoms with Crippen LogP contribution in [0.5, 0.6) is 0 Å². The molecule has 84 valence electrons. The van der Waals surface area contributed by atoms with Crippen molar-refractivity contribution in [1.29, 1.82) is 0 Å². The molecular weight excluding hydrogens is 225 g/mol. The fraction of sp³-hybridized carbons (Fsp3) is 0.182. The lowest BCUT2D eigenvalue weighted by atomic mass is 10.1. The smallest absolute Gasteiger partial charge is 0.139 e. The highest BCUT2D eigenvalue weighted by Gasteiger charge is 2.07. The van der Waals surface area contributed by atoms with Gasteiger partial charge in [0, 0.05) is 12.1 Å². The Morgan fingerprint density at radius 1 is 1.38 bits per heavy atom. The number of hydrogen-bond donors (Lipinski definition) is 2. The van der Waals surface area contributed by atoms with Crippen molar-refractivity contribution in [3.05, 3.63) is 41.7 Å². The maximum absolute atomic E-state index is 12.7. The van der Waals surface area contributed by atoms with E-state index in [4.69, 9.17) is 5.73 Å². The first-order valence-electron chi connectivity index (χ1n) is 4.89. The van der Waals surface area contributed by atoms with Crippen LogP contribution in [0, 0.1) is 5.82 Å². The standard InChI is InChI=1S/C11H12FN3S/c1-7(8-2-4-9(12)5-3-8)14-11-6-10(13)15-16-11/h2-7,14H,1H3,(H2,13,15). The van der Waals surface area contributed by atoms with E-state index in [1.54, 1.807) is 18.2 Å². The Morgan fingerprint density at radius 3 is 2.62 bits per heavy atom. The van der Waals surface area contributed by atoms with Gasteiger partial charge in [0.2, 0.25) is 0 Å². The van der Waals surface area contributed by atoms with Crippen LogP contribution in [0.3, 0.4) is 0 Å². The molecule has 1 heterocycles. The highest BCUT2D eigenvalue weighted by atomic mass is 32.1. The van der Waals surface area contributed by atoms with Crippen molar-refractivity contribution in [2.75, 3.05) is 11.1 Å². The lowest BCUT2D eigenvalue weighted by Gasteiger charge is -2.13. The number of anilines is 2. The molecular formula is C11H12FN3S. The van der Waals surface area contributed by atoms with E-state index >= 15 is 0 Å². The molecule has 0 radical (unpaired) electrons. The van der Waals surface area contributed by atoms with Crippen molar-refractivity contribution in [1.82, 2.24) is 4.37 Å². The molecule has 0 bridgehead atoms. The summed E-state index contributed by atoms with van der Waals surface area (Å²) < 4.78 is 16.7. The minimum absolute atomic E-state index is 0.0976. The highest BCUT2D eigenvalue weighted by molar-refractivity contribution is 7.10. The Bertz CT molecular complexity index is 466. The first-order valence-corrected chi connectivity index (χ1v) is 5.66. The minimum atomic E-state index is -0.224. The molecule has 1 atom stereocenters. The van der Waals surface area contributed by atoms with Gasteiger partial charge in [-0.15, -0.1) is 0 Å². The summed E-state index contributed by atoms with van der Waals surface area (Å²) >= 11 is 1.32. The molecule has 0 spiro atoms. The number of halogens is 1. The van der Waals surface area contributed by atoms with Gasteiger partial charge in [-0.2, -0.15) is 4.37 Å². The quantitative estimate of drug-likeness (QED) is 0.862. The Morgan fingerprint density at radius 2 is 2.06 bits per heavy atom. The molecule has 1 unspecified atom stereocenters. The van der Waals surface area contributed by atoms with Gasteiger partial charge in [-0.3, -0.25) is 0 Å². The zero-order valence-electron chi connectivity index (χ0n) is 8.77. The van der Waals surface area contributed by atoms with E-state index in [1.165, 1.54) is 23.7 Å². The molecule has 3 N–H and O–H groups in total. The largest absolute Gasteiger partial charge is 0.383 e. The van der Waals surface area contributed by atoms with Crippen LogP contribution in [0.2, 0.25) is 0 Å². The molecule has 0 aliphatic rings. The Hall–Kier alpha value is -1.62. The van der Waals surface area contributed by atoms with E-state index in [-0.39, 0.29) is 11.9 Å². The Kier molecular flexibility index (Phi) is 3.05. The first-order chi connectivity index (χ1) is 7.65. The van der Waals surface area contributed by atoms with E-state index in [9.17, 15) is 4.39 Å². The summed E-state index contributed by atoms with van der Waals surface area (Å²) in [6, 6.07) is 8.31. The number of nitrogens with zero attached hydrogens (tertiary/aromatic N) is 1. The molecule has 2 rings (SSSR count). The molecule has 5 heteroatoms. The predicted octanol–water partition coefficient (Wildman–Crippen LogP) is 3.04. The summed E-state index contributed by atoms with van der Waals surface area (Å²) in [5, 5.41) is 4.16. The van der Waals surface area contributed by atoms with Crippen molar-refractivity contribution in [2.45, 2.75) is 13.0 Å². The van der Waals surface area contributed by atoms with Gasteiger partial charge in [-0.1, -0.05) is 12.1 Å². The maximum atomic E-state index is 12.7. The highest BCUT2D eigenvalue weighted by Crippen LogP contribution is 2.24. The number of nitrogens with one attached hydrogen (secondary N) is 1. The normalized spacial score (nSPS) is 12.4. The fourth-order valence-electron chi connectivity index (χ4n) is 1.41. The van der Waals surface area contributed by atoms with Gasteiger partial charge in [0.25, 0.3) is 0 Å². The van der Waals surface area contributed by atoms with Crippen LogP contribution < -0.4 is 11.1 Å². The topological polar surface area (TPSA) is 50.9 Å². The zero-order valence-corrected chi connectivity index (χ0v) is 9.59. The number of nitrogens with two attached hydrogens (primary N) is 1. The summed E-state index contributed by atoms with van der Waals surface area (Å²) in [4.78, 5) is 0. The molecule has 0 aliphatic heterocycles. The number of hydrogen-bond acceptors (Lipinski definition) is 4. The van der Waals surface area contributed by atoms with Crippen LogP contribution >= 0.6 is 11.5 Å². The van der Waals surface area contributed by atoms with Gasteiger partial charge >= 0.3 is 0 Å². The summed E-state index contributed by atoms with van der Waals surface area (Å²) in [6.45, 7) is 2.00. The molecule has 1 aromatic heterocycles. The SMILES string of the molecule is CC(Nc1cc(N)ns1)c1ccc(F)cc1. The van der Waals surface area contributed by atoms with Crippen LogP contribution in [0.4, 0.5) is 15.2 Å². The van der Waals surface area contributed by atoms with Crippen LogP contribution in [0.15, 0.2) is 30.3 Å². The van der Waals surface area contributed by atoms with Crippen molar-refractivity contribution < 1.29 is 4.39 Å². The van der Waals surface area contributed by atoms with E-state index in [0.717, 1.165) is 10.6 Å². The summed E-state index contributed by atoms with van der Waals surface area (Å²) in [6.07, 6.45) is 0. The van der Waals surface area contributed by atoms with Crippen LogP contribution in [-0.2, 0) is 0 Å². The number of nitrogen functional groups attached to an aromatic ring is 1. The van der Waals surface area contributed by atoms with Crippen molar-refractivity contribution in [3.8, 4) is 0 Å². The van der Waals surface area contributed by atoms with E-state index in [1.807, 2.05) is 6.92 Å². The summed E-state index contributed by atoms with van der Waals surface area (Å²) in [7, 11) is 0. The Labute approximate surface area is 97.3 Å². The molecule has 0 amide bonds. The summed E-state index contributed by atoms with van der Waals surface area (Å²) in [5.41, 5.74) is 6.54. The van der Waals surface area contributed by atoms with Gasteiger partial charge in [-0.05, 0) is 36.2 Å². The third-order valence-electron chi connectivity index (χ3n) is 2.26. The number of aromatic nitrogens is 1. The van der Waals surface area contributed by atoms with Crippen LogP contribution in [0.1, 0.15) is 18.5 Å². The molecule has 3 nitrogen and oxygen atoms in total. The maximum Gasteiger partial charge on any atom is 0.139 e. The van der Waals surface area contributed by atoms with Crippen LogP contribution in [0.25, 0.3) is 0 Å². The first kappa shape index (κ1) is 10.9. The van der Waals surface area contributed by atoms with Crippen molar-refractivity contribution >= 4 is 22.4 Å². The van der Waals surface area contributed by atoms with Crippen molar-refractivity contribution in [2.24, 2.45) is 0 Å². The fourth-order valence-corrected chi connectivity index (χ4v) is 2.06. The lowest BCUT2D eigenvalue weighted by molar-refractivity contribution is 0.626. The second-order valence-electron chi connectivity index (χ2n) is 3.53. The average Bonchev–Trinajstić information content (AvgIpc) is 2.65. The van der Waals surface area contributed by atoms with Gasteiger partial charge in [0.05, 0.1) is 0 Å². The third-order valence-corrected chi connectivity index (χ3v) is 2.99. The van der Waals surface area contributed by atoms with Crippen LogP contribution in [-0.4, -0.2) is 4.37 Å². The van der Waals surface area contributed by atoms with Gasteiger partial charge < -0.3 is 11.1 Å². The third kappa shape index (κ3) is 2.49. The van der Waals surface area contributed by atoms with Gasteiger partial charge in [-0.25, -0.2) is 4.39 Å². The summed E-state index contributed by atoms with van der Waals surface area (Å²) in [5.74, 6) is 0.289. The lowest BCUT2D eigenvalue weighted by Crippen LogP contribution is -2.05. The van der Waals surface area contributed by atoms with E-state index in [2.05, 4.69) is 9.69 Å². The van der Waals surface area contributed by atoms with E-state index in [0.29, 0.717) is 5.82 Å². The molecule has 0 saturated heterocycles. The molecule has 0 fully saturated rings. The van der Waals surface area contributed by atoms with Gasteiger partial charge in [0.15, 0.2) is 0 Å². The number of benzene rings is 1. The second kappa shape index (κ2) is 4.49. The number of rotatable bonds is 3. The average molecular weight is 237 g/mol.